The summed E-state index contributed by atoms with van der Waals surface area (Å²) in [6, 6.07) is 9.69. The van der Waals surface area contributed by atoms with Gasteiger partial charge in [0, 0.05) is 35.0 Å². The molecule has 6 N–H and O–H groups in total. The van der Waals surface area contributed by atoms with E-state index in [0.29, 0.717) is 21.6 Å². The highest BCUT2D eigenvalue weighted by atomic mass is 35.5. The van der Waals surface area contributed by atoms with E-state index < -0.39 is 0 Å². The van der Waals surface area contributed by atoms with Gasteiger partial charge in [0.25, 0.3) is 0 Å². The van der Waals surface area contributed by atoms with Gasteiger partial charge >= 0.3 is 0 Å². The third-order valence-corrected chi connectivity index (χ3v) is 6.18. The molecular weight excluding hydrogens is 538 g/mol. The Morgan fingerprint density at radius 1 is 0.861 bits per heavy atom. The Kier molecular flexibility index (Phi) is 9.66. The molecule has 0 saturated heterocycles. The lowest BCUT2D eigenvalue weighted by atomic mass is 10.4. The Labute approximate surface area is 213 Å². The number of pyridine rings is 2. The van der Waals surface area contributed by atoms with Crippen molar-refractivity contribution in [2.24, 2.45) is 16.0 Å². The fraction of sp³-hybridized carbons (Fsp3) is 0.111. The second-order valence-corrected chi connectivity index (χ2v) is 8.66. The zero-order valence-electron chi connectivity index (χ0n) is 17.9. The number of H-pyrrole nitrogens is 2. The van der Waals surface area contributed by atoms with Gasteiger partial charge in [0.15, 0.2) is 32.4 Å². The molecule has 0 fully saturated rings. The van der Waals surface area contributed by atoms with Gasteiger partial charge in [0.2, 0.25) is 11.1 Å². The Morgan fingerprint density at radius 3 is 1.83 bits per heavy atom. The molecule has 0 aromatic carbocycles. The first-order chi connectivity index (χ1) is 17.4. The lowest BCUT2D eigenvalue weighted by Gasteiger charge is -1.99. The summed E-state index contributed by atoms with van der Waals surface area (Å²) in [6.07, 6.45) is 0. The van der Waals surface area contributed by atoms with Crippen molar-refractivity contribution < 1.29 is 19.7 Å². The van der Waals surface area contributed by atoms with Crippen molar-refractivity contribution in [1.82, 2.24) is 30.6 Å². The van der Waals surface area contributed by atoms with Gasteiger partial charge in [-0.1, -0.05) is 57.6 Å². The largest absolute Gasteiger partial charge is 0.410 e. The van der Waals surface area contributed by atoms with Gasteiger partial charge < -0.3 is 26.1 Å². The van der Waals surface area contributed by atoms with E-state index in [1.54, 1.807) is 24.3 Å². The predicted octanol–water partition coefficient (Wildman–Crippen LogP) is 1.57. The molecule has 0 saturated carbocycles. The maximum atomic E-state index is 11.1. The zero-order valence-corrected chi connectivity index (χ0v) is 20.2. The number of hydrogen-bond donors (Lipinski definition) is 5. The molecule has 0 aliphatic rings. The van der Waals surface area contributed by atoms with Crippen molar-refractivity contribution in [2.75, 3.05) is 0 Å². The van der Waals surface area contributed by atoms with Crippen LogP contribution in [-0.4, -0.2) is 52.0 Å². The molecule has 0 spiro atoms. The zero-order chi connectivity index (χ0) is 25.9. The van der Waals surface area contributed by atoms with E-state index in [4.69, 9.17) is 27.7 Å². The highest BCUT2D eigenvalue weighted by Gasteiger charge is 2.16. The smallest absolute Gasteiger partial charge is 0.248 e. The average molecular weight is 554 g/mol. The topological polar surface area (TPSA) is 235 Å². The van der Waals surface area contributed by atoms with Crippen molar-refractivity contribution in [1.29, 1.82) is 0 Å². The number of aromatic nitrogens is 6. The summed E-state index contributed by atoms with van der Waals surface area (Å²) in [6.45, 7) is 0. The third-order valence-electron chi connectivity index (χ3n) is 3.94. The van der Waals surface area contributed by atoms with E-state index in [1.807, 2.05) is 0 Å². The van der Waals surface area contributed by atoms with Crippen LogP contribution in [0.5, 0.6) is 0 Å². The molecule has 0 atom stereocenters. The van der Waals surface area contributed by atoms with E-state index in [0.717, 1.165) is 11.4 Å². The number of aromatic amines is 2. The van der Waals surface area contributed by atoms with Gasteiger partial charge in [-0.25, -0.2) is 9.26 Å². The first-order valence-corrected chi connectivity index (χ1v) is 11.9. The van der Waals surface area contributed by atoms with Gasteiger partial charge in [-0.15, -0.1) is 0 Å². The normalized spacial score (nSPS) is 11.7. The second-order valence-electron chi connectivity index (χ2n) is 6.37. The molecule has 0 aliphatic carbocycles. The highest BCUT2D eigenvalue weighted by Crippen LogP contribution is 2.24. The van der Waals surface area contributed by atoms with E-state index in [-0.39, 0.29) is 33.5 Å². The third kappa shape index (κ3) is 7.45. The molecule has 4 aromatic heterocycles. The fourth-order valence-electron chi connectivity index (χ4n) is 2.37. The number of hydrogen-bond acceptors (Lipinski definition) is 14. The Hall–Kier alpha value is -4.09. The Bertz CT molecular complexity index is 1360. The number of rotatable bonds is 8. The molecule has 4 aromatic rings. The number of nitrogens with zero attached hydrogens (tertiary/aromatic N) is 6. The quantitative estimate of drug-likeness (QED) is 0.0685. The van der Waals surface area contributed by atoms with Crippen molar-refractivity contribution in [3.05, 3.63) is 79.9 Å². The summed E-state index contributed by atoms with van der Waals surface area (Å²) < 4.78 is 9.03. The molecule has 4 rings (SSSR count). The summed E-state index contributed by atoms with van der Waals surface area (Å²) in [5.74, 6) is 0.725. The summed E-state index contributed by atoms with van der Waals surface area (Å²) in [7, 11) is 0. The van der Waals surface area contributed by atoms with Crippen LogP contribution < -0.4 is 16.9 Å². The fourth-order valence-corrected chi connectivity index (χ4v) is 4.20. The van der Waals surface area contributed by atoms with Crippen molar-refractivity contribution >= 4 is 46.1 Å². The maximum absolute atomic E-state index is 11.1. The van der Waals surface area contributed by atoms with E-state index >= 15 is 0 Å². The first-order valence-electron chi connectivity index (χ1n) is 9.54. The Balaban J connectivity index is 0.000000201. The molecule has 36 heavy (non-hydrogen) atoms. The van der Waals surface area contributed by atoms with E-state index in [1.165, 1.54) is 35.7 Å². The van der Waals surface area contributed by atoms with Crippen LogP contribution in [-0.2, 0) is 11.5 Å². The number of thioether (sulfide) groups is 2. The Morgan fingerprint density at radius 2 is 1.36 bits per heavy atom. The second kappa shape index (κ2) is 13.1. The minimum atomic E-state index is -0.208. The average Bonchev–Trinajstić information content (AvgIpc) is 3.55. The lowest BCUT2D eigenvalue weighted by Crippen LogP contribution is -2.14. The minimum absolute atomic E-state index is 0.155. The molecule has 18 heteroatoms. The van der Waals surface area contributed by atoms with Gasteiger partial charge in [0.1, 0.15) is 0 Å². The van der Waals surface area contributed by atoms with Crippen LogP contribution in [0, 0.1) is 0 Å². The van der Waals surface area contributed by atoms with Crippen LogP contribution in [0.1, 0.15) is 22.8 Å². The van der Waals surface area contributed by atoms with Gasteiger partial charge in [-0.2, -0.15) is 0 Å². The van der Waals surface area contributed by atoms with E-state index in [2.05, 4.69) is 50.2 Å². The summed E-state index contributed by atoms with van der Waals surface area (Å²) in [4.78, 5) is 27.5. The lowest BCUT2D eigenvalue weighted by molar-refractivity contribution is 0.296. The SMILES string of the molecule is N/C(=N\O)c1nonc1SCc1cccc(=O)[nH]1.O=c1cccc(CSc2nonc2/C(Cl)=N/O)[nH]1. The van der Waals surface area contributed by atoms with Crippen LogP contribution in [0.2, 0.25) is 0 Å². The van der Waals surface area contributed by atoms with E-state index in [9.17, 15) is 9.59 Å². The predicted molar refractivity (Wildman–Crippen MR) is 129 cm³/mol. The van der Waals surface area contributed by atoms with Gasteiger partial charge in [-0.05, 0) is 32.8 Å². The standard InChI is InChI=1S/C9H7ClN4O3S.C9H9N5O3S/c2*10-8(12-16)7-9(14-17-13-7)18-4-5-2-1-3-6(15)11-5/h1-3,16H,4H2,(H,11,15);1-3,16H,4H2,(H2,10,12)(H,11,15)/b12-8-;. The molecule has 0 unspecified atom stereocenters. The van der Waals surface area contributed by atoms with Crippen LogP contribution in [0.3, 0.4) is 0 Å². The van der Waals surface area contributed by atoms with Crippen LogP contribution in [0.15, 0.2) is 75.6 Å². The molecule has 0 amide bonds. The molecule has 15 nitrogen and oxygen atoms in total. The number of oxime groups is 2. The van der Waals surface area contributed by atoms with Crippen LogP contribution in [0.4, 0.5) is 0 Å². The minimum Gasteiger partial charge on any atom is -0.410 e. The number of nitrogens with two attached hydrogens (primary N) is 1. The summed E-state index contributed by atoms with van der Waals surface area (Å²) in [5.41, 5.74) is 6.81. The van der Waals surface area contributed by atoms with Crippen molar-refractivity contribution in [3.63, 3.8) is 0 Å². The van der Waals surface area contributed by atoms with Crippen molar-refractivity contribution in [3.8, 4) is 0 Å². The van der Waals surface area contributed by atoms with Gasteiger partial charge in [-0.3, -0.25) is 9.59 Å². The monoisotopic (exact) mass is 553 g/mol. The van der Waals surface area contributed by atoms with Crippen LogP contribution in [0.25, 0.3) is 0 Å². The first kappa shape index (κ1) is 26.5. The number of amidine groups is 1. The molecule has 188 valence electrons. The maximum Gasteiger partial charge on any atom is 0.248 e. The summed E-state index contributed by atoms with van der Waals surface area (Å²) in [5, 5.41) is 37.6. The molecule has 0 bridgehead atoms. The highest BCUT2D eigenvalue weighted by molar-refractivity contribution is 7.98. The summed E-state index contributed by atoms with van der Waals surface area (Å²) >= 11 is 8.11. The van der Waals surface area contributed by atoms with Gasteiger partial charge in [0.05, 0.1) is 0 Å². The molecule has 4 heterocycles. The van der Waals surface area contributed by atoms with Crippen molar-refractivity contribution in [2.45, 2.75) is 21.6 Å². The molecule has 0 aliphatic heterocycles. The molecule has 0 radical (unpaired) electrons. The molecular formula is C18H16ClN9O6S2. The number of halogens is 1. The number of nitrogens with one attached hydrogen (secondary N) is 2. The van der Waals surface area contributed by atoms with Crippen LogP contribution >= 0.6 is 35.1 Å².